The second-order valence-corrected chi connectivity index (χ2v) is 11.0. The van der Waals surface area contributed by atoms with Crippen molar-refractivity contribution in [2.75, 3.05) is 7.11 Å². The number of benzene rings is 2. The Kier molecular flexibility index (Phi) is 4.98. The second-order valence-electron chi connectivity index (χ2n) is 8.91. The van der Waals surface area contributed by atoms with Gasteiger partial charge in [-0.05, 0) is 29.8 Å². The van der Waals surface area contributed by atoms with E-state index in [9.17, 15) is 18.0 Å². The number of allylic oxidation sites excluding steroid dienone is 1. The van der Waals surface area contributed by atoms with Crippen molar-refractivity contribution in [1.82, 2.24) is 4.90 Å². The average molecular weight is 444 g/mol. The van der Waals surface area contributed by atoms with Gasteiger partial charge in [0, 0.05) is 18.1 Å². The van der Waals surface area contributed by atoms with Gasteiger partial charge in [0.25, 0.3) is 5.91 Å². The molecule has 164 valence electrons. The van der Waals surface area contributed by atoms with Gasteiger partial charge in [-0.2, -0.15) is 0 Å². The third-order valence-corrected chi connectivity index (χ3v) is 7.89. The molecule has 0 aliphatic carbocycles. The number of sulfone groups is 1. The van der Waals surface area contributed by atoms with Crippen LogP contribution in [0, 0.1) is 5.41 Å². The molecule has 2 aliphatic heterocycles. The van der Waals surface area contributed by atoms with Gasteiger partial charge in [-0.15, -0.1) is 0 Å². The normalized spacial score (nSPS) is 25.3. The highest BCUT2D eigenvalue weighted by Gasteiger charge is 2.64. The molecule has 7 nitrogen and oxygen atoms in total. The first-order chi connectivity index (χ1) is 14.5. The fourth-order valence-electron chi connectivity index (χ4n) is 4.05. The number of β-lactam (4-membered cyclic amide) rings is 1. The number of rotatable bonds is 4. The Bertz CT molecular complexity index is 1220. The van der Waals surface area contributed by atoms with Crippen molar-refractivity contribution in [3.8, 4) is 5.75 Å². The first-order valence-corrected chi connectivity index (χ1v) is 11.6. The Morgan fingerprint density at radius 1 is 1.06 bits per heavy atom. The van der Waals surface area contributed by atoms with Crippen molar-refractivity contribution in [2.45, 2.75) is 44.6 Å². The molecule has 1 unspecified atom stereocenters. The summed E-state index contributed by atoms with van der Waals surface area (Å²) in [5.74, 6) is -0.491. The van der Waals surface area contributed by atoms with E-state index < -0.39 is 38.1 Å². The molecule has 2 heterocycles. The number of hydrogen-bond acceptors (Lipinski definition) is 6. The van der Waals surface area contributed by atoms with Crippen LogP contribution in [0.5, 0.6) is 5.75 Å². The maximum Gasteiger partial charge on any atom is 0.260 e. The van der Waals surface area contributed by atoms with Gasteiger partial charge in [0.1, 0.15) is 5.75 Å². The summed E-state index contributed by atoms with van der Waals surface area (Å²) in [7, 11) is -2.74. The molecule has 1 amide bonds. The lowest BCUT2D eigenvalue weighted by Gasteiger charge is -2.51. The Labute approximate surface area is 181 Å². The fraction of sp³-hybridized carbons (Fsp3) is 0.391. The topological polar surface area (TPSA) is 90.0 Å². The van der Waals surface area contributed by atoms with Gasteiger partial charge in [-0.3, -0.25) is 14.5 Å². The highest BCUT2D eigenvalue weighted by molar-refractivity contribution is 7.93. The first kappa shape index (κ1) is 21.5. The molecule has 2 aromatic rings. The van der Waals surface area contributed by atoms with Crippen molar-refractivity contribution in [3.05, 3.63) is 53.7 Å². The van der Waals surface area contributed by atoms with E-state index in [-0.39, 0.29) is 17.1 Å². The predicted octanol–water partition coefficient (Wildman–Crippen LogP) is 3.05. The fourth-order valence-corrected chi connectivity index (χ4v) is 6.23. The zero-order valence-electron chi connectivity index (χ0n) is 18.1. The van der Waals surface area contributed by atoms with E-state index in [0.717, 1.165) is 15.7 Å². The van der Waals surface area contributed by atoms with E-state index in [4.69, 9.17) is 9.47 Å². The molecular weight excluding hydrogens is 418 g/mol. The minimum Gasteiger partial charge on any atom is -0.470 e. The lowest BCUT2D eigenvalue weighted by Crippen LogP contribution is -2.72. The maximum atomic E-state index is 13.4. The highest BCUT2D eigenvalue weighted by Crippen LogP contribution is 2.43. The van der Waals surface area contributed by atoms with Gasteiger partial charge < -0.3 is 9.47 Å². The van der Waals surface area contributed by atoms with Gasteiger partial charge in [-0.25, -0.2) is 8.42 Å². The van der Waals surface area contributed by atoms with Crippen LogP contribution in [0.1, 0.15) is 27.7 Å². The van der Waals surface area contributed by atoms with Crippen molar-refractivity contribution >= 4 is 32.3 Å². The van der Waals surface area contributed by atoms with Crippen LogP contribution in [-0.4, -0.2) is 49.0 Å². The van der Waals surface area contributed by atoms with Crippen LogP contribution in [0.3, 0.4) is 0 Å². The summed E-state index contributed by atoms with van der Waals surface area (Å²) in [4.78, 5) is 26.9. The zero-order chi connectivity index (χ0) is 22.7. The Balaban J connectivity index is 1.84. The molecule has 1 saturated heterocycles. The molecule has 0 aromatic heterocycles. The van der Waals surface area contributed by atoms with Crippen molar-refractivity contribution in [1.29, 1.82) is 0 Å². The van der Waals surface area contributed by atoms with Crippen LogP contribution in [-0.2, 0) is 24.2 Å². The quantitative estimate of drug-likeness (QED) is 0.675. The summed E-state index contributed by atoms with van der Waals surface area (Å²) in [5, 5.41) is 0.601. The van der Waals surface area contributed by atoms with Crippen LogP contribution in [0.15, 0.2) is 53.7 Å². The van der Waals surface area contributed by atoms with Gasteiger partial charge in [0.15, 0.2) is 17.3 Å². The van der Waals surface area contributed by atoms with E-state index in [1.165, 1.54) is 14.0 Å². The van der Waals surface area contributed by atoms with Crippen LogP contribution in [0.25, 0.3) is 10.8 Å². The first-order valence-electron chi connectivity index (χ1n) is 9.98. The number of carbonyl (C=O) groups is 2. The molecule has 2 aliphatic rings. The number of carbonyl (C=O) groups excluding carboxylic acids is 2. The summed E-state index contributed by atoms with van der Waals surface area (Å²) >= 11 is 0. The lowest BCUT2D eigenvalue weighted by atomic mass is 9.85. The van der Waals surface area contributed by atoms with Gasteiger partial charge in [-0.1, -0.05) is 51.1 Å². The highest BCUT2D eigenvalue weighted by atomic mass is 32.2. The number of amides is 1. The summed E-state index contributed by atoms with van der Waals surface area (Å²) < 4.78 is 38.0. The van der Waals surface area contributed by atoms with E-state index in [0.29, 0.717) is 5.75 Å². The number of ether oxygens (including phenoxy) is 2. The Morgan fingerprint density at radius 3 is 2.32 bits per heavy atom. The molecule has 0 saturated carbocycles. The van der Waals surface area contributed by atoms with E-state index in [1.54, 1.807) is 32.9 Å². The maximum absolute atomic E-state index is 13.4. The van der Waals surface area contributed by atoms with Crippen LogP contribution in [0.2, 0.25) is 0 Å². The van der Waals surface area contributed by atoms with Gasteiger partial charge in [0.2, 0.25) is 15.3 Å². The van der Waals surface area contributed by atoms with E-state index in [2.05, 4.69) is 0 Å². The molecule has 31 heavy (non-hydrogen) atoms. The number of hydrogen-bond donors (Lipinski definition) is 0. The molecule has 3 atom stereocenters. The summed E-state index contributed by atoms with van der Waals surface area (Å²) in [6.45, 7) is 6.72. The predicted molar refractivity (Wildman–Crippen MR) is 116 cm³/mol. The second kappa shape index (κ2) is 7.17. The molecule has 0 radical (unpaired) electrons. The average Bonchev–Trinajstić information content (AvgIpc) is 2.71. The van der Waals surface area contributed by atoms with Crippen LogP contribution in [0.4, 0.5) is 0 Å². The largest absolute Gasteiger partial charge is 0.470 e. The molecule has 1 fully saturated rings. The third-order valence-electron chi connectivity index (χ3n) is 5.71. The number of nitrogens with zero attached hydrogens (tertiary/aromatic N) is 1. The Hall–Kier alpha value is -2.71. The molecule has 4 rings (SSSR count). The molecular formula is C23H25NO6S. The summed E-state index contributed by atoms with van der Waals surface area (Å²) in [6, 6.07) is 13.0. The molecule has 0 spiro atoms. The standard InChI is InChI=1S/C23H25NO6S/c1-13-17(19(25)23(2,3)4)24-20(26)18(29-5)21(24)31(27,28)22(13)30-16-11-10-14-8-6-7-9-15(14)12-16/h6-12,18,21-22H,1-5H3/t18-,21-,22?/m0/s1. The molecule has 2 aromatic carbocycles. The van der Waals surface area contributed by atoms with Gasteiger partial charge >= 0.3 is 0 Å². The van der Waals surface area contributed by atoms with Crippen LogP contribution < -0.4 is 4.74 Å². The van der Waals surface area contributed by atoms with Crippen molar-refractivity contribution < 1.29 is 27.5 Å². The van der Waals surface area contributed by atoms with E-state index >= 15 is 0 Å². The van der Waals surface area contributed by atoms with Crippen LogP contribution >= 0.6 is 0 Å². The minimum absolute atomic E-state index is 0.0800. The lowest BCUT2D eigenvalue weighted by molar-refractivity contribution is -0.161. The molecule has 0 bridgehead atoms. The number of Topliss-reactive ketones (excluding diaryl/α,β-unsaturated/α-hetero) is 1. The van der Waals surface area contributed by atoms with E-state index in [1.807, 2.05) is 30.3 Å². The van der Waals surface area contributed by atoms with Gasteiger partial charge in [0.05, 0.1) is 5.70 Å². The van der Waals surface area contributed by atoms with Crippen molar-refractivity contribution in [2.24, 2.45) is 5.41 Å². The monoisotopic (exact) mass is 443 g/mol. The zero-order valence-corrected chi connectivity index (χ0v) is 18.9. The Morgan fingerprint density at radius 2 is 1.71 bits per heavy atom. The third kappa shape index (κ3) is 3.25. The summed E-state index contributed by atoms with van der Waals surface area (Å²) in [5.41, 5.74) is -1.93. The number of fused-ring (bicyclic) bond motifs is 2. The van der Waals surface area contributed by atoms with Crippen molar-refractivity contribution in [3.63, 3.8) is 0 Å². The number of ketones is 1. The SMILES string of the molecule is CO[C@H]1C(=O)N2C(C(=O)C(C)(C)C)=C(C)C(Oc3ccc4ccccc4c3)S(=O)(=O)[C@@H]12. The minimum atomic E-state index is -4.02. The molecule has 0 N–H and O–H groups in total. The smallest absolute Gasteiger partial charge is 0.260 e. The summed E-state index contributed by atoms with van der Waals surface area (Å²) in [6.07, 6.45) is -1.16. The number of methoxy groups -OCH3 is 1. The molecule has 8 heteroatoms.